The molecule has 0 spiro atoms. The standard InChI is InChI=1S/C23H22BrN3O5/c1-14-2-11-19-20(12-14)23(30)26(22(19)29)25(13-15-3-7-17(24)8-4-15)21(28)16-5-9-18(10-6-16)27(31)32/h3-10,14,19-20H,2,11-13H2,1H3/t14-,19-,20-/m1/s1. The van der Waals surface area contributed by atoms with E-state index in [0.717, 1.165) is 21.5 Å². The maximum atomic E-state index is 13.4. The number of fused-ring (bicyclic) bond motifs is 1. The van der Waals surface area contributed by atoms with E-state index in [1.54, 1.807) is 12.1 Å². The fourth-order valence-electron chi connectivity index (χ4n) is 4.48. The number of hydrogen-bond acceptors (Lipinski definition) is 5. The summed E-state index contributed by atoms with van der Waals surface area (Å²) < 4.78 is 0.864. The summed E-state index contributed by atoms with van der Waals surface area (Å²) in [5.41, 5.74) is 0.762. The highest BCUT2D eigenvalue weighted by molar-refractivity contribution is 9.10. The van der Waals surface area contributed by atoms with Crippen molar-refractivity contribution in [2.24, 2.45) is 17.8 Å². The molecule has 1 saturated heterocycles. The van der Waals surface area contributed by atoms with Crippen LogP contribution in [0.3, 0.4) is 0 Å². The molecular weight excluding hydrogens is 478 g/mol. The van der Waals surface area contributed by atoms with Crippen LogP contribution in [0.5, 0.6) is 0 Å². The van der Waals surface area contributed by atoms with Crippen LogP contribution in [0.4, 0.5) is 5.69 Å². The van der Waals surface area contributed by atoms with E-state index in [4.69, 9.17) is 0 Å². The summed E-state index contributed by atoms with van der Waals surface area (Å²) in [6.07, 6.45) is 2.13. The molecule has 0 radical (unpaired) electrons. The van der Waals surface area contributed by atoms with Crippen LogP contribution in [0.1, 0.15) is 42.1 Å². The Morgan fingerprint density at radius 1 is 1.06 bits per heavy atom. The molecule has 9 heteroatoms. The molecule has 2 aliphatic rings. The normalized spacial score (nSPS) is 22.6. The highest BCUT2D eigenvalue weighted by Gasteiger charge is 2.52. The van der Waals surface area contributed by atoms with Gasteiger partial charge < -0.3 is 0 Å². The Balaban J connectivity index is 1.69. The lowest BCUT2D eigenvalue weighted by atomic mass is 9.76. The Morgan fingerprint density at radius 3 is 2.31 bits per heavy atom. The molecule has 0 bridgehead atoms. The van der Waals surface area contributed by atoms with E-state index < -0.39 is 22.7 Å². The molecule has 4 rings (SSSR count). The number of nitrogens with zero attached hydrogens (tertiary/aromatic N) is 3. The van der Waals surface area contributed by atoms with E-state index in [9.17, 15) is 24.5 Å². The number of rotatable bonds is 5. The van der Waals surface area contributed by atoms with Crippen molar-refractivity contribution < 1.29 is 19.3 Å². The van der Waals surface area contributed by atoms with Crippen molar-refractivity contribution in [3.8, 4) is 0 Å². The van der Waals surface area contributed by atoms with Gasteiger partial charge in [0.2, 0.25) is 0 Å². The SMILES string of the molecule is C[C@@H]1CC[C@H]2C(=O)N(N(Cc3ccc(Br)cc3)C(=O)c3ccc([N+](=O)[O-])cc3)C(=O)[C@@H]2C1. The Kier molecular flexibility index (Phi) is 6.10. The Hall–Kier alpha value is -3.07. The molecule has 2 fully saturated rings. The molecule has 3 amide bonds. The van der Waals surface area contributed by atoms with Gasteiger partial charge in [0, 0.05) is 22.2 Å². The lowest BCUT2D eigenvalue weighted by molar-refractivity contribution is -0.384. The highest BCUT2D eigenvalue weighted by Crippen LogP contribution is 2.41. The molecule has 0 unspecified atom stereocenters. The number of hydrogen-bond donors (Lipinski definition) is 0. The molecule has 2 aromatic rings. The molecule has 2 aromatic carbocycles. The van der Waals surface area contributed by atoms with Crippen molar-refractivity contribution >= 4 is 39.3 Å². The summed E-state index contributed by atoms with van der Waals surface area (Å²) >= 11 is 3.37. The van der Waals surface area contributed by atoms with Crippen molar-refractivity contribution in [2.75, 3.05) is 0 Å². The average molecular weight is 500 g/mol. The van der Waals surface area contributed by atoms with Crippen molar-refractivity contribution in [2.45, 2.75) is 32.7 Å². The zero-order valence-corrected chi connectivity index (χ0v) is 19.0. The smallest absolute Gasteiger partial charge is 0.272 e. The molecule has 3 atom stereocenters. The molecule has 0 N–H and O–H groups in total. The van der Waals surface area contributed by atoms with Crippen molar-refractivity contribution in [1.29, 1.82) is 0 Å². The van der Waals surface area contributed by atoms with Crippen LogP contribution < -0.4 is 0 Å². The van der Waals surface area contributed by atoms with E-state index in [0.29, 0.717) is 18.8 Å². The van der Waals surface area contributed by atoms with Gasteiger partial charge >= 0.3 is 0 Å². The highest BCUT2D eigenvalue weighted by atomic mass is 79.9. The second-order valence-corrected chi connectivity index (χ2v) is 9.33. The summed E-state index contributed by atoms with van der Waals surface area (Å²) in [4.78, 5) is 50.4. The Bertz CT molecular complexity index is 1070. The largest absolute Gasteiger partial charge is 0.273 e. The Morgan fingerprint density at radius 2 is 1.69 bits per heavy atom. The second-order valence-electron chi connectivity index (χ2n) is 8.41. The minimum atomic E-state index is -0.559. The van der Waals surface area contributed by atoms with Gasteiger partial charge in [-0.1, -0.05) is 35.0 Å². The van der Waals surface area contributed by atoms with E-state index in [1.165, 1.54) is 29.3 Å². The first-order valence-electron chi connectivity index (χ1n) is 10.4. The minimum Gasteiger partial charge on any atom is -0.272 e. The Labute approximate surface area is 193 Å². The second kappa shape index (κ2) is 8.82. The van der Waals surface area contributed by atoms with Crippen LogP contribution in [0.15, 0.2) is 53.0 Å². The minimum absolute atomic E-state index is 0.0234. The molecule has 1 aliphatic heterocycles. The fraction of sp³-hybridized carbons (Fsp3) is 0.348. The van der Waals surface area contributed by atoms with Gasteiger partial charge in [0.05, 0.1) is 23.3 Å². The number of halogens is 1. The zero-order valence-electron chi connectivity index (χ0n) is 17.4. The molecule has 1 aliphatic carbocycles. The number of carbonyl (C=O) groups excluding carboxylic acids is 3. The molecule has 166 valence electrons. The third kappa shape index (κ3) is 4.17. The number of amides is 3. The van der Waals surface area contributed by atoms with E-state index in [1.807, 2.05) is 12.1 Å². The van der Waals surface area contributed by atoms with Gasteiger partial charge in [-0.15, -0.1) is 0 Å². The van der Waals surface area contributed by atoms with Gasteiger partial charge in [-0.05, 0) is 55.0 Å². The van der Waals surface area contributed by atoms with Gasteiger partial charge in [0.25, 0.3) is 23.4 Å². The van der Waals surface area contributed by atoms with Crippen LogP contribution >= 0.6 is 15.9 Å². The number of carbonyl (C=O) groups is 3. The quantitative estimate of drug-likeness (QED) is 0.346. The first-order chi connectivity index (χ1) is 15.3. The van der Waals surface area contributed by atoms with E-state index >= 15 is 0 Å². The van der Waals surface area contributed by atoms with E-state index in [-0.39, 0.29) is 29.6 Å². The van der Waals surface area contributed by atoms with Crippen molar-refractivity contribution in [3.63, 3.8) is 0 Å². The van der Waals surface area contributed by atoms with Gasteiger partial charge in [-0.25, -0.2) is 5.01 Å². The summed E-state index contributed by atoms with van der Waals surface area (Å²) in [5.74, 6) is -1.73. The lowest BCUT2D eigenvalue weighted by Gasteiger charge is -2.30. The third-order valence-electron chi connectivity index (χ3n) is 6.21. The van der Waals surface area contributed by atoms with Crippen LogP contribution in [0, 0.1) is 27.9 Å². The number of hydrazine groups is 1. The molecular formula is C23H22BrN3O5. The number of nitro groups is 1. The summed E-state index contributed by atoms with van der Waals surface area (Å²) in [7, 11) is 0. The third-order valence-corrected chi connectivity index (χ3v) is 6.74. The monoisotopic (exact) mass is 499 g/mol. The van der Waals surface area contributed by atoms with Crippen LogP contribution in [-0.2, 0) is 16.1 Å². The van der Waals surface area contributed by atoms with Crippen LogP contribution in [0.2, 0.25) is 0 Å². The average Bonchev–Trinajstić information content (AvgIpc) is 3.02. The molecule has 8 nitrogen and oxygen atoms in total. The zero-order chi connectivity index (χ0) is 23.0. The molecule has 0 aromatic heterocycles. The number of imide groups is 1. The topological polar surface area (TPSA) is 101 Å². The number of non-ortho nitro benzene ring substituents is 1. The molecule has 32 heavy (non-hydrogen) atoms. The summed E-state index contributed by atoms with van der Waals surface area (Å²) in [5, 5.41) is 13.2. The summed E-state index contributed by atoms with van der Waals surface area (Å²) in [6, 6.07) is 12.4. The first-order valence-corrected chi connectivity index (χ1v) is 11.2. The fourth-order valence-corrected chi connectivity index (χ4v) is 4.75. The van der Waals surface area contributed by atoms with Gasteiger partial charge in [0.1, 0.15) is 0 Å². The van der Waals surface area contributed by atoms with Crippen LogP contribution in [-0.4, -0.2) is 32.7 Å². The predicted octanol–water partition coefficient (Wildman–Crippen LogP) is 4.34. The van der Waals surface area contributed by atoms with Gasteiger partial charge in [0.15, 0.2) is 0 Å². The van der Waals surface area contributed by atoms with Crippen molar-refractivity contribution in [3.05, 3.63) is 74.2 Å². The maximum Gasteiger partial charge on any atom is 0.273 e. The van der Waals surface area contributed by atoms with Gasteiger partial charge in [-0.2, -0.15) is 5.01 Å². The summed E-state index contributed by atoms with van der Waals surface area (Å²) in [6.45, 7) is 2.09. The van der Waals surface area contributed by atoms with Crippen LogP contribution in [0.25, 0.3) is 0 Å². The lowest BCUT2D eigenvalue weighted by Crippen LogP contribution is -2.49. The van der Waals surface area contributed by atoms with E-state index in [2.05, 4.69) is 22.9 Å². The molecule has 1 heterocycles. The maximum absolute atomic E-state index is 13.4. The van der Waals surface area contributed by atoms with Gasteiger partial charge in [-0.3, -0.25) is 24.5 Å². The number of nitro benzene ring substituents is 1. The molecule has 1 saturated carbocycles. The predicted molar refractivity (Wildman–Crippen MR) is 119 cm³/mol. The number of benzene rings is 2. The first kappa shape index (κ1) is 22.1. The van der Waals surface area contributed by atoms with Crippen molar-refractivity contribution in [1.82, 2.24) is 10.0 Å².